The van der Waals surface area contributed by atoms with Gasteiger partial charge in [-0.05, 0) is 19.8 Å². The average molecular weight is 582 g/mol. The van der Waals surface area contributed by atoms with Crippen LogP contribution < -0.4 is 4.74 Å². The van der Waals surface area contributed by atoms with E-state index in [0.29, 0.717) is 35.3 Å². The predicted octanol–water partition coefficient (Wildman–Crippen LogP) is 3.16. The molecule has 8 heteroatoms. The number of carboxylic acid groups (broad SMARTS) is 1. The Balaban J connectivity index is 0.00000312. The van der Waals surface area contributed by atoms with Crippen LogP contribution in [-0.2, 0) is 28.4 Å². The van der Waals surface area contributed by atoms with Crippen molar-refractivity contribution in [1.82, 2.24) is 0 Å². The molecule has 1 heterocycles. The van der Waals surface area contributed by atoms with Crippen molar-refractivity contribution in [3.63, 3.8) is 0 Å². The Hall–Kier alpha value is -0.768. The molecule has 0 aliphatic carbocycles. The van der Waals surface area contributed by atoms with E-state index in [-0.39, 0.29) is 74.3 Å². The monoisotopic (exact) mass is 581 g/mol. The maximum Gasteiger partial charge on any atom is 0.342 e. The fraction of sp³-hybridized carbons (Fsp3) is 0.412. The van der Waals surface area contributed by atoms with Gasteiger partial charge in [0.2, 0.25) is 0 Å². The number of allylic oxidation sites excluding steroid dienone is 2. The molecule has 6 nitrogen and oxygen atoms in total. The van der Waals surface area contributed by atoms with Gasteiger partial charge < -0.3 is 19.7 Å². The Morgan fingerprint density at radius 2 is 2.04 bits per heavy atom. The number of carbonyl (C=O) groups excluding carboxylic acids is 1. The summed E-state index contributed by atoms with van der Waals surface area (Å²) in [6.07, 6.45) is 2.55. The molecule has 0 spiro atoms. The normalized spacial score (nSPS) is 13.1. The summed E-state index contributed by atoms with van der Waals surface area (Å²) >= 11 is 6.00. The van der Waals surface area contributed by atoms with Gasteiger partial charge in [-0.25, -0.2) is 4.79 Å². The number of halogens is 1. The Morgan fingerprint density at radius 3 is 2.60 bits per heavy atom. The summed E-state index contributed by atoms with van der Waals surface area (Å²) in [5.41, 5.74) is 2.64. The molecular formula is C17H19AcClO6. The number of fused-ring (bicyclic) bond motifs is 1. The molecule has 1 aromatic rings. The molecule has 2 N–H and O–H groups in total. The van der Waals surface area contributed by atoms with Gasteiger partial charge in [0.1, 0.15) is 23.7 Å². The van der Waals surface area contributed by atoms with Gasteiger partial charge in [0.15, 0.2) is 0 Å². The first kappa shape index (κ1) is 22.3. The third kappa shape index (κ3) is 4.90. The summed E-state index contributed by atoms with van der Waals surface area (Å²) in [5, 5.41) is 19.2. The van der Waals surface area contributed by atoms with Crippen LogP contribution >= 0.6 is 11.6 Å². The van der Waals surface area contributed by atoms with Crippen LogP contribution in [0, 0.1) is 44.1 Å². The first-order valence-electron chi connectivity index (χ1n) is 7.44. The van der Waals surface area contributed by atoms with Crippen LogP contribution in [-0.4, -0.2) is 29.3 Å². The number of carbonyl (C=O) groups is 2. The number of alkyl halides is 1. The number of esters is 1. The maximum atomic E-state index is 11.9. The number of aliphatic carboxylic acids is 1. The summed E-state index contributed by atoms with van der Waals surface area (Å²) in [6.45, 7) is 1.88. The van der Waals surface area contributed by atoms with Gasteiger partial charge in [-0.2, -0.15) is 0 Å². The minimum atomic E-state index is -0.868. The van der Waals surface area contributed by atoms with Crippen LogP contribution in [0.3, 0.4) is 0 Å². The second-order valence-electron chi connectivity index (χ2n) is 5.55. The molecule has 0 aromatic heterocycles. The zero-order chi connectivity index (χ0) is 17.9. The second kappa shape index (κ2) is 9.80. The summed E-state index contributed by atoms with van der Waals surface area (Å²) in [4.78, 5) is 22.5. The van der Waals surface area contributed by atoms with E-state index in [4.69, 9.17) is 26.2 Å². The van der Waals surface area contributed by atoms with Gasteiger partial charge in [0, 0.05) is 67.2 Å². The van der Waals surface area contributed by atoms with E-state index < -0.39 is 11.9 Å². The molecule has 0 saturated heterocycles. The van der Waals surface area contributed by atoms with E-state index >= 15 is 0 Å². The minimum absolute atomic E-state index is 0. The Kier molecular flexibility index (Phi) is 8.73. The number of phenolic OH excluding ortho intramolecular Hbond substituents is 1. The van der Waals surface area contributed by atoms with Crippen molar-refractivity contribution in [2.45, 2.75) is 38.7 Å². The molecule has 0 bridgehead atoms. The van der Waals surface area contributed by atoms with E-state index in [1.807, 2.05) is 13.0 Å². The topological polar surface area (TPSA) is 93.1 Å². The van der Waals surface area contributed by atoms with Crippen LogP contribution in [0.2, 0.25) is 0 Å². The van der Waals surface area contributed by atoms with Crippen LogP contribution in [0.25, 0.3) is 0 Å². The van der Waals surface area contributed by atoms with Crippen molar-refractivity contribution >= 4 is 23.5 Å². The first-order chi connectivity index (χ1) is 11.4. The van der Waals surface area contributed by atoms with Crippen molar-refractivity contribution in [2.75, 3.05) is 7.11 Å². The molecule has 0 atom stereocenters. The van der Waals surface area contributed by atoms with Crippen molar-refractivity contribution in [3.05, 3.63) is 33.9 Å². The third-order valence-electron chi connectivity index (χ3n) is 4.01. The number of methoxy groups -OCH3 is 1. The summed E-state index contributed by atoms with van der Waals surface area (Å²) in [5.74, 6) is -1.06. The van der Waals surface area contributed by atoms with Gasteiger partial charge >= 0.3 is 11.9 Å². The molecule has 1 radical (unpaired) electrons. The predicted molar refractivity (Wildman–Crippen MR) is 87.7 cm³/mol. The largest absolute Gasteiger partial charge is 0.507 e. The number of benzene rings is 1. The zero-order valence-corrected chi connectivity index (χ0v) is 19.6. The fourth-order valence-corrected chi connectivity index (χ4v) is 3.00. The number of hydrogen-bond donors (Lipinski definition) is 2. The van der Waals surface area contributed by atoms with E-state index in [0.717, 1.165) is 5.57 Å². The summed E-state index contributed by atoms with van der Waals surface area (Å²) in [7, 11) is 1.47. The number of carboxylic acids is 1. The molecule has 1 aliphatic rings. The van der Waals surface area contributed by atoms with Crippen molar-refractivity contribution < 1.29 is 73.3 Å². The second-order valence-corrected chi connectivity index (χ2v) is 5.82. The molecule has 1 aromatic carbocycles. The molecular weight excluding hydrogens is 563 g/mol. The number of cyclic esters (lactones) is 1. The van der Waals surface area contributed by atoms with Crippen LogP contribution in [0.1, 0.15) is 46.8 Å². The smallest absolute Gasteiger partial charge is 0.342 e. The third-order valence-corrected chi connectivity index (χ3v) is 4.28. The molecule has 0 saturated carbocycles. The number of ether oxygens (including phenoxy) is 2. The maximum absolute atomic E-state index is 11.9. The quantitative estimate of drug-likeness (QED) is 0.292. The Bertz CT molecular complexity index is 714. The molecule has 0 fully saturated rings. The van der Waals surface area contributed by atoms with Crippen LogP contribution in [0.15, 0.2) is 11.6 Å². The van der Waals surface area contributed by atoms with Gasteiger partial charge in [-0.15, -0.1) is 11.6 Å². The first-order valence-corrected chi connectivity index (χ1v) is 7.98. The SMILES string of the molecule is COc1c(C/C=C(\C)CCC(=O)O)c(O)c2c(c1CCl)COC2=O.[Ac]. The number of aromatic hydroxyl groups is 1. The summed E-state index contributed by atoms with van der Waals surface area (Å²) in [6, 6.07) is 0. The fourth-order valence-electron chi connectivity index (χ4n) is 2.72. The Morgan fingerprint density at radius 1 is 1.36 bits per heavy atom. The molecule has 0 unspecified atom stereocenters. The van der Waals surface area contributed by atoms with Gasteiger partial charge in [0.05, 0.1) is 13.0 Å². The van der Waals surface area contributed by atoms with E-state index in [1.54, 1.807) is 0 Å². The molecule has 25 heavy (non-hydrogen) atoms. The number of phenols is 1. The summed E-state index contributed by atoms with van der Waals surface area (Å²) < 4.78 is 10.4. The van der Waals surface area contributed by atoms with Crippen LogP contribution in [0.4, 0.5) is 0 Å². The molecule has 0 amide bonds. The van der Waals surface area contributed by atoms with E-state index in [1.165, 1.54) is 7.11 Å². The molecule has 2 rings (SSSR count). The van der Waals surface area contributed by atoms with Gasteiger partial charge in [0.25, 0.3) is 0 Å². The minimum Gasteiger partial charge on any atom is -0.507 e. The standard InChI is InChI=1S/C17H19ClO6.Ac/c1-9(4-6-13(19)20)3-5-10-15(21)14-12(8-24-17(14)22)11(7-18)16(10)23-2;/h3,21H,4-8H2,1-2H3,(H,19,20);/b9-3+;. The Labute approximate surface area is 186 Å². The van der Waals surface area contributed by atoms with E-state index in [2.05, 4.69) is 0 Å². The average Bonchev–Trinajstić information content (AvgIpc) is 2.93. The number of hydrogen-bond acceptors (Lipinski definition) is 5. The molecule has 133 valence electrons. The van der Waals surface area contributed by atoms with Gasteiger partial charge in [-0.1, -0.05) is 11.6 Å². The van der Waals surface area contributed by atoms with E-state index in [9.17, 15) is 14.7 Å². The van der Waals surface area contributed by atoms with Crippen molar-refractivity contribution in [2.24, 2.45) is 0 Å². The zero-order valence-electron chi connectivity index (χ0n) is 14.1. The molecule has 1 aliphatic heterocycles. The van der Waals surface area contributed by atoms with Crippen molar-refractivity contribution in [3.8, 4) is 11.5 Å². The van der Waals surface area contributed by atoms with Crippen LogP contribution in [0.5, 0.6) is 11.5 Å². The van der Waals surface area contributed by atoms with Crippen molar-refractivity contribution in [1.29, 1.82) is 0 Å². The number of rotatable bonds is 7. The van der Waals surface area contributed by atoms with Gasteiger partial charge in [-0.3, -0.25) is 4.79 Å².